The Hall–Kier alpha value is -3.81. The normalized spacial score (nSPS) is 11.6. The van der Waals surface area contributed by atoms with Gasteiger partial charge < -0.3 is 16.0 Å². The van der Waals surface area contributed by atoms with E-state index in [1.807, 2.05) is 6.07 Å². The molecule has 2 aromatic heterocycles. The average Bonchev–Trinajstić information content (AvgIpc) is 3.18. The number of nitrogens with two attached hydrogens (primary N) is 1. The standard InChI is InChI=1S/C19H17N5O3/c20-18(26)17(25)14(9-12-5-2-1-3-6-12)24-19(27)16-15(22-11-23-16)13-7-4-8-21-10-13/h1-8,10-11,14H,9H2,(H2,20,26)(H,22,23)(H,24,27). The number of ketones is 1. The van der Waals surface area contributed by atoms with Gasteiger partial charge in [-0.05, 0) is 17.7 Å². The third-order valence-corrected chi connectivity index (χ3v) is 3.95. The number of nitrogens with one attached hydrogen (secondary N) is 2. The first kappa shape index (κ1) is 18.0. The number of H-pyrrole nitrogens is 1. The molecular formula is C19H17N5O3. The Morgan fingerprint density at radius 3 is 2.56 bits per heavy atom. The highest BCUT2D eigenvalue weighted by Crippen LogP contribution is 2.19. The number of Topliss-reactive ketones (excluding diaryl/α,β-unsaturated/α-hetero) is 1. The Morgan fingerprint density at radius 2 is 1.89 bits per heavy atom. The number of aromatic nitrogens is 3. The van der Waals surface area contributed by atoms with Crippen molar-refractivity contribution in [3.05, 3.63) is 72.4 Å². The zero-order valence-corrected chi connectivity index (χ0v) is 14.3. The van der Waals surface area contributed by atoms with Crippen LogP contribution in [0, 0.1) is 0 Å². The first-order chi connectivity index (χ1) is 13.1. The monoisotopic (exact) mass is 363 g/mol. The number of amides is 2. The van der Waals surface area contributed by atoms with Crippen molar-refractivity contribution in [3.63, 3.8) is 0 Å². The zero-order valence-electron chi connectivity index (χ0n) is 14.3. The van der Waals surface area contributed by atoms with E-state index in [-0.39, 0.29) is 12.1 Å². The lowest BCUT2D eigenvalue weighted by Gasteiger charge is -2.16. The van der Waals surface area contributed by atoms with Gasteiger partial charge in [0.05, 0.1) is 6.33 Å². The molecule has 0 bridgehead atoms. The molecule has 0 saturated carbocycles. The Bertz CT molecular complexity index is 954. The number of hydrogen-bond donors (Lipinski definition) is 3. The van der Waals surface area contributed by atoms with Gasteiger partial charge >= 0.3 is 0 Å². The molecule has 2 heterocycles. The maximum absolute atomic E-state index is 12.7. The molecule has 8 heteroatoms. The zero-order chi connectivity index (χ0) is 19.2. The number of carbonyl (C=O) groups is 3. The van der Waals surface area contributed by atoms with Gasteiger partial charge in [0.1, 0.15) is 17.4 Å². The number of aromatic amines is 1. The highest BCUT2D eigenvalue weighted by molar-refractivity contribution is 6.38. The number of benzene rings is 1. The van der Waals surface area contributed by atoms with E-state index in [4.69, 9.17) is 5.73 Å². The number of rotatable bonds is 7. The van der Waals surface area contributed by atoms with Gasteiger partial charge in [-0.25, -0.2) is 4.98 Å². The minimum atomic E-state index is -1.10. The van der Waals surface area contributed by atoms with E-state index in [2.05, 4.69) is 20.3 Å². The van der Waals surface area contributed by atoms with E-state index in [1.54, 1.807) is 48.8 Å². The molecule has 0 spiro atoms. The fraction of sp³-hybridized carbons (Fsp3) is 0.105. The molecule has 0 saturated heterocycles. The van der Waals surface area contributed by atoms with E-state index in [0.717, 1.165) is 5.56 Å². The number of carbonyl (C=O) groups excluding carboxylic acids is 3. The van der Waals surface area contributed by atoms with Gasteiger partial charge in [0.15, 0.2) is 0 Å². The second-order valence-electron chi connectivity index (χ2n) is 5.81. The molecule has 1 atom stereocenters. The summed E-state index contributed by atoms with van der Waals surface area (Å²) in [7, 11) is 0. The van der Waals surface area contributed by atoms with Gasteiger partial charge in [0.25, 0.3) is 11.8 Å². The molecule has 0 radical (unpaired) electrons. The molecule has 0 aliphatic rings. The quantitative estimate of drug-likeness (QED) is 0.536. The smallest absolute Gasteiger partial charge is 0.287 e. The molecule has 1 aromatic carbocycles. The van der Waals surface area contributed by atoms with Crippen molar-refractivity contribution in [3.8, 4) is 11.3 Å². The molecule has 0 aliphatic carbocycles. The number of hydrogen-bond acceptors (Lipinski definition) is 5. The Labute approximate surface area is 154 Å². The molecule has 4 N–H and O–H groups in total. The van der Waals surface area contributed by atoms with Crippen molar-refractivity contribution < 1.29 is 14.4 Å². The third-order valence-electron chi connectivity index (χ3n) is 3.95. The summed E-state index contributed by atoms with van der Waals surface area (Å²) >= 11 is 0. The summed E-state index contributed by atoms with van der Waals surface area (Å²) in [5.41, 5.74) is 7.13. The van der Waals surface area contributed by atoms with Crippen LogP contribution in [0.15, 0.2) is 61.2 Å². The van der Waals surface area contributed by atoms with Crippen LogP contribution < -0.4 is 11.1 Å². The summed E-state index contributed by atoms with van der Waals surface area (Å²) in [6.07, 6.45) is 4.70. The van der Waals surface area contributed by atoms with Crippen LogP contribution in [-0.4, -0.2) is 38.6 Å². The first-order valence-corrected chi connectivity index (χ1v) is 8.18. The summed E-state index contributed by atoms with van der Waals surface area (Å²) in [6, 6.07) is 11.4. The average molecular weight is 363 g/mol. The topological polar surface area (TPSA) is 131 Å². The van der Waals surface area contributed by atoms with Gasteiger partial charge in [0, 0.05) is 24.4 Å². The number of imidazole rings is 1. The molecule has 136 valence electrons. The van der Waals surface area contributed by atoms with Crippen molar-refractivity contribution in [2.75, 3.05) is 0 Å². The predicted octanol–water partition coefficient (Wildman–Crippen LogP) is 0.867. The van der Waals surface area contributed by atoms with Crippen LogP contribution in [0.4, 0.5) is 0 Å². The molecule has 3 aromatic rings. The van der Waals surface area contributed by atoms with Crippen molar-refractivity contribution >= 4 is 17.6 Å². The van der Waals surface area contributed by atoms with Crippen molar-refractivity contribution in [1.82, 2.24) is 20.3 Å². The van der Waals surface area contributed by atoms with Crippen LogP contribution in [0.3, 0.4) is 0 Å². The minimum absolute atomic E-state index is 0.144. The maximum Gasteiger partial charge on any atom is 0.287 e. The summed E-state index contributed by atoms with van der Waals surface area (Å²) in [4.78, 5) is 47.2. The maximum atomic E-state index is 12.7. The van der Waals surface area contributed by atoms with Gasteiger partial charge in [-0.3, -0.25) is 19.4 Å². The number of nitrogens with zero attached hydrogens (tertiary/aromatic N) is 2. The molecular weight excluding hydrogens is 346 g/mol. The van der Waals surface area contributed by atoms with E-state index in [9.17, 15) is 14.4 Å². The highest BCUT2D eigenvalue weighted by Gasteiger charge is 2.27. The molecule has 0 aliphatic heterocycles. The summed E-state index contributed by atoms with van der Waals surface area (Å²) in [5.74, 6) is -2.54. The largest absolute Gasteiger partial charge is 0.363 e. The highest BCUT2D eigenvalue weighted by atomic mass is 16.2. The van der Waals surface area contributed by atoms with Crippen LogP contribution in [0.1, 0.15) is 16.1 Å². The summed E-state index contributed by atoms with van der Waals surface area (Å²) in [6.45, 7) is 0. The lowest BCUT2D eigenvalue weighted by molar-refractivity contribution is -0.137. The fourth-order valence-electron chi connectivity index (χ4n) is 2.65. The third kappa shape index (κ3) is 4.24. The van der Waals surface area contributed by atoms with E-state index in [0.29, 0.717) is 11.3 Å². The molecule has 2 amide bonds. The summed E-state index contributed by atoms with van der Waals surface area (Å²) in [5, 5.41) is 2.58. The van der Waals surface area contributed by atoms with Gasteiger partial charge in [-0.15, -0.1) is 0 Å². The molecule has 8 nitrogen and oxygen atoms in total. The SMILES string of the molecule is NC(=O)C(=O)C(Cc1ccccc1)NC(=O)c1[nH]cnc1-c1cccnc1. The van der Waals surface area contributed by atoms with Crippen LogP contribution >= 0.6 is 0 Å². The van der Waals surface area contributed by atoms with Crippen molar-refractivity contribution in [2.24, 2.45) is 5.73 Å². The van der Waals surface area contributed by atoms with Gasteiger partial charge in [0.2, 0.25) is 5.78 Å². The van der Waals surface area contributed by atoms with Gasteiger partial charge in [-0.1, -0.05) is 30.3 Å². The van der Waals surface area contributed by atoms with Crippen LogP contribution in [-0.2, 0) is 16.0 Å². The fourth-order valence-corrected chi connectivity index (χ4v) is 2.65. The molecule has 3 rings (SSSR count). The molecule has 27 heavy (non-hydrogen) atoms. The number of pyridine rings is 1. The van der Waals surface area contributed by atoms with Crippen LogP contribution in [0.2, 0.25) is 0 Å². The van der Waals surface area contributed by atoms with Gasteiger partial charge in [-0.2, -0.15) is 0 Å². The second kappa shape index (κ2) is 8.05. The lowest BCUT2D eigenvalue weighted by atomic mass is 10.0. The van der Waals surface area contributed by atoms with E-state index < -0.39 is 23.6 Å². The predicted molar refractivity (Wildman–Crippen MR) is 97.4 cm³/mol. The number of primary amides is 1. The van der Waals surface area contributed by atoms with Crippen LogP contribution in [0.5, 0.6) is 0 Å². The van der Waals surface area contributed by atoms with Crippen molar-refractivity contribution in [1.29, 1.82) is 0 Å². The Balaban J connectivity index is 1.84. The lowest BCUT2D eigenvalue weighted by Crippen LogP contribution is -2.47. The Kier molecular flexibility index (Phi) is 5.36. The first-order valence-electron chi connectivity index (χ1n) is 8.18. The molecule has 1 unspecified atom stereocenters. The van der Waals surface area contributed by atoms with E-state index in [1.165, 1.54) is 6.33 Å². The second-order valence-corrected chi connectivity index (χ2v) is 5.81. The minimum Gasteiger partial charge on any atom is -0.363 e. The molecule has 0 fully saturated rings. The summed E-state index contributed by atoms with van der Waals surface area (Å²) < 4.78 is 0. The van der Waals surface area contributed by atoms with Crippen molar-refractivity contribution in [2.45, 2.75) is 12.5 Å². The van der Waals surface area contributed by atoms with Crippen LogP contribution in [0.25, 0.3) is 11.3 Å². The Morgan fingerprint density at radius 1 is 1.11 bits per heavy atom. The van der Waals surface area contributed by atoms with E-state index >= 15 is 0 Å².